The van der Waals surface area contributed by atoms with Crippen molar-refractivity contribution in [2.45, 2.75) is 27.7 Å². The Morgan fingerprint density at radius 3 is 2.71 bits per heavy atom. The molecule has 1 aromatic heterocycles. The molecule has 2 heterocycles. The van der Waals surface area contributed by atoms with Crippen LogP contribution in [0.2, 0.25) is 0 Å². The third-order valence-electron chi connectivity index (χ3n) is 5.15. The molecule has 0 radical (unpaired) electrons. The molecule has 5 nitrogen and oxygen atoms in total. The Bertz CT molecular complexity index is 938. The van der Waals surface area contributed by atoms with E-state index in [1.165, 1.54) is 12.1 Å². The van der Waals surface area contributed by atoms with Crippen molar-refractivity contribution in [2.24, 2.45) is 4.99 Å². The summed E-state index contributed by atoms with van der Waals surface area (Å²) in [6.07, 6.45) is 1.76. The van der Waals surface area contributed by atoms with Crippen LogP contribution in [0.4, 0.5) is 10.1 Å². The SMILES string of the molecule is CCN(CC)CCN=C(C)c1cc(/C=C2\C(=O)Nc3ccc(F)cc32)[nH]c1C. The maximum absolute atomic E-state index is 13.6. The number of aromatic amines is 1. The molecule has 0 spiro atoms. The maximum Gasteiger partial charge on any atom is 0.256 e. The normalized spacial score (nSPS) is 15.4. The number of aryl methyl sites for hydroxylation is 1. The number of nitrogens with one attached hydrogen (secondary N) is 2. The van der Waals surface area contributed by atoms with Crippen LogP contribution >= 0.6 is 0 Å². The number of halogens is 1. The number of fused-ring (bicyclic) bond motifs is 1. The summed E-state index contributed by atoms with van der Waals surface area (Å²) in [6.45, 7) is 12.0. The van der Waals surface area contributed by atoms with Gasteiger partial charge in [0.25, 0.3) is 5.91 Å². The van der Waals surface area contributed by atoms with Crippen LogP contribution in [0.25, 0.3) is 11.6 Å². The highest BCUT2D eigenvalue weighted by Crippen LogP contribution is 2.33. The molecular weight excluding hydrogens is 355 g/mol. The lowest BCUT2D eigenvalue weighted by Crippen LogP contribution is -2.25. The fourth-order valence-electron chi connectivity index (χ4n) is 3.48. The molecule has 28 heavy (non-hydrogen) atoms. The molecule has 0 saturated heterocycles. The lowest BCUT2D eigenvalue weighted by atomic mass is 10.1. The Labute approximate surface area is 165 Å². The molecule has 1 aliphatic rings. The molecule has 6 heteroatoms. The molecule has 0 aliphatic carbocycles. The second-order valence-electron chi connectivity index (χ2n) is 6.96. The zero-order valence-corrected chi connectivity index (χ0v) is 16.9. The van der Waals surface area contributed by atoms with Crippen LogP contribution in [-0.2, 0) is 4.79 Å². The van der Waals surface area contributed by atoms with Gasteiger partial charge in [0.05, 0.1) is 12.1 Å². The van der Waals surface area contributed by atoms with E-state index >= 15 is 0 Å². The van der Waals surface area contributed by atoms with E-state index in [1.54, 1.807) is 12.1 Å². The minimum Gasteiger partial charge on any atom is -0.359 e. The molecular formula is C22H27FN4O. The Kier molecular flexibility index (Phi) is 6.09. The van der Waals surface area contributed by atoms with Gasteiger partial charge in [0, 0.05) is 40.5 Å². The van der Waals surface area contributed by atoms with Crippen molar-refractivity contribution >= 4 is 29.0 Å². The number of H-pyrrole nitrogens is 1. The summed E-state index contributed by atoms with van der Waals surface area (Å²) in [4.78, 5) is 22.6. The van der Waals surface area contributed by atoms with E-state index < -0.39 is 0 Å². The van der Waals surface area contributed by atoms with Crippen molar-refractivity contribution in [1.82, 2.24) is 9.88 Å². The molecule has 148 valence electrons. The van der Waals surface area contributed by atoms with E-state index in [9.17, 15) is 9.18 Å². The summed E-state index contributed by atoms with van der Waals surface area (Å²) in [5, 5.41) is 2.77. The first-order chi connectivity index (χ1) is 13.4. The molecule has 1 aliphatic heterocycles. The monoisotopic (exact) mass is 382 g/mol. The van der Waals surface area contributed by atoms with Crippen LogP contribution in [0, 0.1) is 12.7 Å². The molecule has 2 aromatic rings. The van der Waals surface area contributed by atoms with E-state index in [4.69, 9.17) is 4.99 Å². The number of aliphatic imine (C=N–C) groups is 1. The van der Waals surface area contributed by atoms with Crippen LogP contribution in [0.3, 0.4) is 0 Å². The fraction of sp³-hybridized carbons (Fsp3) is 0.364. The van der Waals surface area contributed by atoms with Crippen molar-refractivity contribution in [3.63, 3.8) is 0 Å². The summed E-state index contributed by atoms with van der Waals surface area (Å²) >= 11 is 0. The molecule has 1 amide bonds. The zero-order valence-electron chi connectivity index (χ0n) is 16.9. The number of nitrogens with zero attached hydrogens (tertiary/aromatic N) is 2. The third-order valence-corrected chi connectivity index (χ3v) is 5.15. The molecule has 3 rings (SSSR count). The smallest absolute Gasteiger partial charge is 0.256 e. The number of amides is 1. The zero-order chi connectivity index (χ0) is 20.3. The van der Waals surface area contributed by atoms with Crippen LogP contribution in [-0.4, -0.2) is 47.7 Å². The summed E-state index contributed by atoms with van der Waals surface area (Å²) in [6, 6.07) is 6.30. The molecule has 0 atom stereocenters. The Balaban J connectivity index is 1.82. The minimum atomic E-state index is -0.360. The van der Waals surface area contributed by atoms with Crippen molar-refractivity contribution in [3.8, 4) is 0 Å². The highest BCUT2D eigenvalue weighted by atomic mass is 19.1. The van der Waals surface area contributed by atoms with Crippen LogP contribution in [0.1, 0.15) is 43.3 Å². The molecule has 1 aromatic carbocycles. The van der Waals surface area contributed by atoms with E-state index in [0.717, 1.165) is 48.8 Å². The van der Waals surface area contributed by atoms with Gasteiger partial charge in [0.1, 0.15) is 5.82 Å². The minimum absolute atomic E-state index is 0.223. The number of benzene rings is 1. The second kappa shape index (κ2) is 8.52. The first-order valence-corrected chi connectivity index (χ1v) is 9.69. The van der Waals surface area contributed by atoms with E-state index in [-0.39, 0.29) is 11.7 Å². The number of carbonyl (C=O) groups excluding carboxylic acids is 1. The summed E-state index contributed by atoms with van der Waals surface area (Å²) < 4.78 is 13.6. The van der Waals surface area contributed by atoms with Gasteiger partial charge in [-0.05, 0) is 57.3 Å². The van der Waals surface area contributed by atoms with Gasteiger partial charge >= 0.3 is 0 Å². The number of hydrogen-bond donors (Lipinski definition) is 2. The first kappa shape index (κ1) is 20.0. The number of hydrogen-bond acceptors (Lipinski definition) is 3. The fourth-order valence-corrected chi connectivity index (χ4v) is 3.48. The maximum atomic E-state index is 13.6. The predicted octanol–water partition coefficient (Wildman–Crippen LogP) is 4.11. The van der Waals surface area contributed by atoms with Gasteiger partial charge in [0.2, 0.25) is 0 Å². The third kappa shape index (κ3) is 4.22. The predicted molar refractivity (Wildman–Crippen MR) is 113 cm³/mol. The van der Waals surface area contributed by atoms with Gasteiger partial charge in [-0.1, -0.05) is 13.8 Å². The number of rotatable bonds is 7. The van der Waals surface area contributed by atoms with Crippen LogP contribution in [0.5, 0.6) is 0 Å². The molecule has 0 unspecified atom stereocenters. The molecule has 2 N–H and O–H groups in total. The van der Waals surface area contributed by atoms with Gasteiger partial charge in [0.15, 0.2) is 0 Å². The van der Waals surface area contributed by atoms with Crippen molar-refractivity contribution in [3.05, 3.63) is 52.6 Å². The van der Waals surface area contributed by atoms with Crippen molar-refractivity contribution < 1.29 is 9.18 Å². The van der Waals surface area contributed by atoms with Crippen molar-refractivity contribution in [2.75, 3.05) is 31.5 Å². The highest BCUT2D eigenvalue weighted by molar-refractivity contribution is 6.34. The van der Waals surface area contributed by atoms with Crippen LogP contribution in [0.15, 0.2) is 29.3 Å². The van der Waals surface area contributed by atoms with Crippen molar-refractivity contribution in [1.29, 1.82) is 0 Å². The standard InChI is InChI=1S/C22H27FN4O/c1-5-27(6-2)10-9-24-14(3)18-12-17(25-15(18)4)13-20-19-11-16(23)7-8-21(19)26-22(20)28/h7-8,11-13,25H,5-6,9-10H2,1-4H3,(H,26,28)/b20-13-,24-14?. The quantitative estimate of drug-likeness (QED) is 0.559. The number of carbonyl (C=O) groups is 1. The average Bonchev–Trinajstić information content (AvgIpc) is 3.19. The Morgan fingerprint density at radius 2 is 2.00 bits per heavy atom. The topological polar surface area (TPSA) is 60.5 Å². The van der Waals surface area contributed by atoms with Crippen LogP contribution < -0.4 is 5.32 Å². The van der Waals surface area contributed by atoms with E-state index in [2.05, 4.69) is 29.0 Å². The van der Waals surface area contributed by atoms with Gasteiger partial charge in [-0.3, -0.25) is 9.79 Å². The molecule has 0 fully saturated rings. The number of likely N-dealkylation sites (N-methyl/N-ethyl adjacent to an activating group) is 1. The van der Waals surface area contributed by atoms with Gasteiger partial charge < -0.3 is 15.2 Å². The average molecular weight is 382 g/mol. The molecule has 0 bridgehead atoms. The van der Waals surface area contributed by atoms with E-state index in [1.807, 2.05) is 19.9 Å². The highest BCUT2D eigenvalue weighted by Gasteiger charge is 2.24. The first-order valence-electron chi connectivity index (χ1n) is 9.69. The molecule has 0 saturated carbocycles. The lowest BCUT2D eigenvalue weighted by molar-refractivity contribution is -0.110. The Hall–Kier alpha value is -2.73. The lowest BCUT2D eigenvalue weighted by Gasteiger charge is -2.16. The second-order valence-corrected chi connectivity index (χ2v) is 6.96. The Morgan fingerprint density at radius 1 is 1.25 bits per heavy atom. The number of aromatic nitrogens is 1. The van der Waals surface area contributed by atoms with Gasteiger partial charge in [-0.2, -0.15) is 0 Å². The van der Waals surface area contributed by atoms with E-state index in [0.29, 0.717) is 16.8 Å². The summed E-state index contributed by atoms with van der Waals surface area (Å²) in [5.41, 5.74) is 5.47. The summed E-state index contributed by atoms with van der Waals surface area (Å²) in [7, 11) is 0. The summed E-state index contributed by atoms with van der Waals surface area (Å²) in [5.74, 6) is -0.584. The van der Waals surface area contributed by atoms with Gasteiger partial charge in [-0.15, -0.1) is 0 Å². The largest absolute Gasteiger partial charge is 0.359 e. The number of anilines is 1. The van der Waals surface area contributed by atoms with Gasteiger partial charge in [-0.25, -0.2) is 4.39 Å².